The molecule has 7 nitrogen and oxygen atoms in total. The number of thiazole rings is 1. The van der Waals surface area contributed by atoms with Crippen LogP contribution in [0.1, 0.15) is 12.8 Å². The minimum atomic E-state index is -0.401. The molecule has 1 aromatic heterocycles. The van der Waals surface area contributed by atoms with Crippen LogP contribution in [0.15, 0.2) is 42.5 Å². The van der Waals surface area contributed by atoms with E-state index in [2.05, 4.69) is 10.3 Å². The third kappa shape index (κ3) is 3.76. The van der Waals surface area contributed by atoms with Gasteiger partial charge in [0.05, 0.1) is 21.2 Å². The number of hydrogen-bond acceptors (Lipinski definition) is 7. The van der Waals surface area contributed by atoms with Gasteiger partial charge in [-0.05, 0) is 43.2 Å². The molecular weight excluding hydrogens is 354 g/mol. The summed E-state index contributed by atoms with van der Waals surface area (Å²) >= 11 is 1.38. The summed E-state index contributed by atoms with van der Waals surface area (Å²) in [6, 6.07) is 12.3. The van der Waals surface area contributed by atoms with Crippen LogP contribution in [0.4, 0.5) is 16.5 Å². The van der Waals surface area contributed by atoms with Crippen molar-refractivity contribution in [3.8, 4) is 5.75 Å². The van der Waals surface area contributed by atoms with Crippen LogP contribution in [0.2, 0.25) is 0 Å². The molecule has 134 valence electrons. The highest BCUT2D eigenvalue weighted by Gasteiger charge is 2.16. The van der Waals surface area contributed by atoms with E-state index in [0.29, 0.717) is 11.7 Å². The van der Waals surface area contributed by atoms with E-state index in [1.54, 1.807) is 12.1 Å². The second-order valence-corrected chi connectivity index (χ2v) is 7.05. The van der Waals surface area contributed by atoms with Crippen molar-refractivity contribution in [2.75, 3.05) is 18.5 Å². The summed E-state index contributed by atoms with van der Waals surface area (Å²) < 4.78 is 12.1. The molecular formula is C18H17N3O4S. The second-order valence-electron chi connectivity index (χ2n) is 6.02. The number of benzene rings is 2. The van der Waals surface area contributed by atoms with Crippen LogP contribution in [0.3, 0.4) is 0 Å². The van der Waals surface area contributed by atoms with E-state index in [1.165, 1.54) is 17.4 Å². The lowest BCUT2D eigenvalue weighted by Crippen LogP contribution is -2.16. The first-order chi connectivity index (χ1) is 12.7. The van der Waals surface area contributed by atoms with Crippen LogP contribution in [0, 0.1) is 10.1 Å². The highest BCUT2D eigenvalue weighted by atomic mass is 32.1. The first kappa shape index (κ1) is 16.7. The Bertz CT molecular complexity index is 920. The number of hydrogen-bond donors (Lipinski definition) is 1. The maximum absolute atomic E-state index is 10.9. The molecule has 8 heteroatoms. The molecule has 4 rings (SSSR count). The van der Waals surface area contributed by atoms with E-state index in [-0.39, 0.29) is 11.8 Å². The van der Waals surface area contributed by atoms with Crippen LogP contribution >= 0.6 is 11.3 Å². The molecule has 1 aliphatic rings. The van der Waals surface area contributed by atoms with Crippen LogP contribution in [-0.2, 0) is 4.74 Å². The fourth-order valence-corrected chi connectivity index (χ4v) is 3.72. The Labute approximate surface area is 153 Å². The number of anilines is 2. The van der Waals surface area contributed by atoms with Gasteiger partial charge in [0.15, 0.2) is 5.13 Å². The molecule has 26 heavy (non-hydrogen) atoms. The van der Waals surface area contributed by atoms with Gasteiger partial charge < -0.3 is 14.8 Å². The van der Waals surface area contributed by atoms with Crippen LogP contribution in [0.5, 0.6) is 5.75 Å². The third-order valence-electron chi connectivity index (χ3n) is 4.15. The topological polar surface area (TPSA) is 86.5 Å². The number of nitrogens with one attached hydrogen (secondary N) is 1. The highest BCUT2D eigenvalue weighted by Crippen LogP contribution is 2.31. The molecule has 0 radical (unpaired) electrons. The van der Waals surface area contributed by atoms with Crippen molar-refractivity contribution in [3.63, 3.8) is 0 Å². The maximum atomic E-state index is 10.9. The molecule has 2 aromatic carbocycles. The van der Waals surface area contributed by atoms with Crippen LogP contribution < -0.4 is 10.1 Å². The molecule has 1 unspecified atom stereocenters. The number of nitrogens with zero attached hydrogens (tertiary/aromatic N) is 2. The molecule has 0 aliphatic carbocycles. The van der Waals surface area contributed by atoms with E-state index in [0.717, 1.165) is 41.1 Å². The van der Waals surface area contributed by atoms with Gasteiger partial charge in [0.2, 0.25) is 0 Å². The zero-order valence-corrected chi connectivity index (χ0v) is 14.7. The van der Waals surface area contributed by atoms with Crippen molar-refractivity contribution < 1.29 is 14.4 Å². The minimum absolute atomic E-state index is 0.0699. The van der Waals surface area contributed by atoms with Gasteiger partial charge in [0, 0.05) is 24.4 Å². The molecule has 1 fully saturated rings. The van der Waals surface area contributed by atoms with Gasteiger partial charge in [-0.15, -0.1) is 0 Å². The van der Waals surface area contributed by atoms with Crippen LogP contribution in [-0.4, -0.2) is 29.2 Å². The fourth-order valence-electron chi connectivity index (χ4n) is 2.80. The number of nitro benzene ring substituents is 1. The Morgan fingerprint density at radius 3 is 2.88 bits per heavy atom. The number of aromatic nitrogens is 1. The molecule has 3 aromatic rings. The average Bonchev–Trinajstić information content (AvgIpc) is 3.29. The van der Waals surface area contributed by atoms with Crippen molar-refractivity contribution in [1.29, 1.82) is 0 Å². The van der Waals surface area contributed by atoms with Gasteiger partial charge >= 0.3 is 0 Å². The molecule has 2 heterocycles. The summed E-state index contributed by atoms with van der Waals surface area (Å²) in [6.07, 6.45) is 2.34. The number of nitro groups is 1. The van der Waals surface area contributed by atoms with E-state index in [9.17, 15) is 10.1 Å². The summed E-state index contributed by atoms with van der Waals surface area (Å²) in [5.41, 5.74) is 1.68. The first-order valence-electron chi connectivity index (χ1n) is 8.34. The fraction of sp³-hybridized carbons (Fsp3) is 0.278. The number of non-ortho nitro benzene ring substituents is 1. The quantitative estimate of drug-likeness (QED) is 0.507. The Balaban J connectivity index is 1.41. The zero-order valence-electron chi connectivity index (χ0n) is 13.9. The predicted octanol–water partition coefficient (Wildman–Crippen LogP) is 4.51. The minimum Gasteiger partial charge on any atom is -0.491 e. The normalized spacial score (nSPS) is 16.7. The molecule has 1 atom stereocenters. The molecule has 0 spiro atoms. The third-order valence-corrected chi connectivity index (χ3v) is 5.08. The van der Waals surface area contributed by atoms with Gasteiger partial charge in [-0.2, -0.15) is 0 Å². The predicted molar refractivity (Wildman–Crippen MR) is 100 cm³/mol. The molecule has 0 bridgehead atoms. The average molecular weight is 371 g/mol. The van der Waals surface area contributed by atoms with E-state index >= 15 is 0 Å². The summed E-state index contributed by atoms with van der Waals surface area (Å²) in [6.45, 7) is 1.39. The van der Waals surface area contributed by atoms with Crippen LogP contribution in [0.25, 0.3) is 10.2 Å². The molecule has 0 amide bonds. The number of fused-ring (bicyclic) bond motifs is 1. The monoisotopic (exact) mass is 371 g/mol. The van der Waals surface area contributed by atoms with Crippen molar-refractivity contribution in [2.45, 2.75) is 18.9 Å². The first-order valence-corrected chi connectivity index (χ1v) is 9.15. The van der Waals surface area contributed by atoms with Crippen molar-refractivity contribution in [3.05, 3.63) is 52.6 Å². The van der Waals surface area contributed by atoms with E-state index in [1.807, 2.05) is 24.3 Å². The summed E-state index contributed by atoms with van der Waals surface area (Å²) in [7, 11) is 0. The number of rotatable bonds is 6. The van der Waals surface area contributed by atoms with Gasteiger partial charge in [-0.3, -0.25) is 10.1 Å². The largest absolute Gasteiger partial charge is 0.491 e. The summed E-state index contributed by atoms with van der Waals surface area (Å²) in [4.78, 5) is 14.9. The van der Waals surface area contributed by atoms with Gasteiger partial charge in [-0.25, -0.2) is 4.98 Å². The lowest BCUT2D eigenvalue weighted by atomic mass is 10.2. The van der Waals surface area contributed by atoms with Crippen molar-refractivity contribution in [2.24, 2.45) is 0 Å². The number of ether oxygens (including phenoxy) is 2. The standard InChI is InChI=1S/C18H17N3O4S/c22-21(23)13-5-8-16-17(10-13)26-18(20-16)19-12-3-6-14(7-4-12)25-11-15-2-1-9-24-15/h3-8,10,15H,1-2,9,11H2,(H,19,20). The molecule has 1 aliphatic heterocycles. The lowest BCUT2D eigenvalue weighted by Gasteiger charge is -2.11. The smallest absolute Gasteiger partial charge is 0.270 e. The van der Waals surface area contributed by atoms with Crippen molar-refractivity contribution in [1.82, 2.24) is 4.98 Å². The summed E-state index contributed by atoms with van der Waals surface area (Å²) in [5, 5.41) is 14.8. The van der Waals surface area contributed by atoms with E-state index < -0.39 is 4.92 Å². The molecule has 1 N–H and O–H groups in total. The second kappa shape index (κ2) is 7.27. The summed E-state index contributed by atoms with van der Waals surface area (Å²) in [5.74, 6) is 0.797. The Hall–Kier alpha value is -2.71. The van der Waals surface area contributed by atoms with E-state index in [4.69, 9.17) is 9.47 Å². The Morgan fingerprint density at radius 2 is 2.15 bits per heavy atom. The Kier molecular flexibility index (Phi) is 4.68. The van der Waals surface area contributed by atoms with Gasteiger partial charge in [-0.1, -0.05) is 11.3 Å². The van der Waals surface area contributed by atoms with Gasteiger partial charge in [0.25, 0.3) is 5.69 Å². The maximum Gasteiger partial charge on any atom is 0.270 e. The zero-order chi connectivity index (χ0) is 17.9. The molecule has 1 saturated heterocycles. The molecule has 0 saturated carbocycles. The van der Waals surface area contributed by atoms with Gasteiger partial charge in [0.1, 0.15) is 12.4 Å². The lowest BCUT2D eigenvalue weighted by molar-refractivity contribution is -0.384. The van der Waals surface area contributed by atoms with Crippen molar-refractivity contribution >= 4 is 38.1 Å². The Morgan fingerprint density at radius 1 is 1.31 bits per heavy atom. The SMILES string of the molecule is O=[N+]([O-])c1ccc2nc(Nc3ccc(OCC4CCCO4)cc3)sc2c1. The highest BCUT2D eigenvalue weighted by molar-refractivity contribution is 7.22.